The van der Waals surface area contributed by atoms with E-state index in [9.17, 15) is 14.4 Å². The summed E-state index contributed by atoms with van der Waals surface area (Å²) < 4.78 is 0. The van der Waals surface area contributed by atoms with Crippen molar-refractivity contribution in [3.8, 4) is 0 Å². The SMILES string of the molecule is N[C@@H]1CCN(C(=O)CCN2C(=O)NC3(CCCC3)C2=O)C1. The predicted octanol–water partition coefficient (Wildman–Crippen LogP) is -0.199. The van der Waals surface area contributed by atoms with Gasteiger partial charge in [0, 0.05) is 32.1 Å². The fourth-order valence-electron chi connectivity index (χ4n) is 3.58. The zero-order chi connectivity index (χ0) is 15.0. The van der Waals surface area contributed by atoms with Crippen LogP contribution in [-0.4, -0.2) is 58.9 Å². The molecule has 116 valence electrons. The van der Waals surface area contributed by atoms with Crippen molar-refractivity contribution in [1.29, 1.82) is 0 Å². The second kappa shape index (κ2) is 5.29. The maximum absolute atomic E-state index is 12.4. The third-order valence-corrected chi connectivity index (χ3v) is 4.83. The highest BCUT2D eigenvalue weighted by atomic mass is 16.2. The van der Waals surface area contributed by atoms with Gasteiger partial charge in [0.05, 0.1) is 0 Å². The first-order valence-electron chi connectivity index (χ1n) is 7.69. The van der Waals surface area contributed by atoms with Crippen molar-refractivity contribution in [2.45, 2.75) is 50.1 Å². The molecule has 3 rings (SSSR count). The summed E-state index contributed by atoms with van der Waals surface area (Å²) in [4.78, 5) is 39.4. The Morgan fingerprint density at radius 2 is 2.05 bits per heavy atom. The molecule has 3 N–H and O–H groups in total. The number of urea groups is 1. The van der Waals surface area contributed by atoms with Crippen LogP contribution in [0, 0.1) is 0 Å². The molecule has 0 aromatic rings. The zero-order valence-electron chi connectivity index (χ0n) is 12.1. The van der Waals surface area contributed by atoms with Gasteiger partial charge in [-0.2, -0.15) is 0 Å². The molecule has 0 bridgehead atoms. The van der Waals surface area contributed by atoms with Gasteiger partial charge in [-0.05, 0) is 19.3 Å². The lowest BCUT2D eigenvalue weighted by molar-refractivity contribution is -0.133. The first-order valence-corrected chi connectivity index (χ1v) is 7.69. The van der Waals surface area contributed by atoms with Crippen LogP contribution in [0.5, 0.6) is 0 Å². The van der Waals surface area contributed by atoms with Gasteiger partial charge < -0.3 is 16.0 Å². The number of imide groups is 1. The van der Waals surface area contributed by atoms with E-state index in [-0.39, 0.29) is 36.9 Å². The lowest BCUT2D eigenvalue weighted by Gasteiger charge is -2.21. The summed E-state index contributed by atoms with van der Waals surface area (Å²) in [7, 11) is 0. The summed E-state index contributed by atoms with van der Waals surface area (Å²) in [6.45, 7) is 1.41. The fourth-order valence-corrected chi connectivity index (χ4v) is 3.58. The maximum Gasteiger partial charge on any atom is 0.325 e. The molecular formula is C14H22N4O3. The molecule has 0 aromatic carbocycles. The van der Waals surface area contributed by atoms with Crippen molar-refractivity contribution in [3.63, 3.8) is 0 Å². The Balaban J connectivity index is 1.57. The van der Waals surface area contributed by atoms with Crippen molar-refractivity contribution >= 4 is 17.8 Å². The van der Waals surface area contributed by atoms with Crippen LogP contribution in [0.15, 0.2) is 0 Å². The van der Waals surface area contributed by atoms with Crippen molar-refractivity contribution in [2.75, 3.05) is 19.6 Å². The van der Waals surface area contributed by atoms with Gasteiger partial charge in [-0.3, -0.25) is 14.5 Å². The van der Waals surface area contributed by atoms with E-state index in [2.05, 4.69) is 5.32 Å². The summed E-state index contributed by atoms with van der Waals surface area (Å²) in [5.74, 6) is -0.188. The highest BCUT2D eigenvalue weighted by molar-refractivity contribution is 6.07. The molecule has 1 spiro atoms. The third kappa shape index (κ3) is 2.50. The number of hydrogen-bond acceptors (Lipinski definition) is 4. The van der Waals surface area contributed by atoms with E-state index in [1.54, 1.807) is 4.90 Å². The monoisotopic (exact) mass is 294 g/mol. The Morgan fingerprint density at radius 3 is 2.67 bits per heavy atom. The van der Waals surface area contributed by atoms with Crippen molar-refractivity contribution < 1.29 is 14.4 Å². The summed E-state index contributed by atoms with van der Waals surface area (Å²) in [5, 5.41) is 2.82. The van der Waals surface area contributed by atoms with E-state index in [1.165, 1.54) is 4.90 Å². The maximum atomic E-state index is 12.4. The van der Waals surface area contributed by atoms with Crippen LogP contribution in [-0.2, 0) is 9.59 Å². The number of carbonyl (C=O) groups excluding carboxylic acids is 3. The highest BCUT2D eigenvalue weighted by Crippen LogP contribution is 2.35. The molecule has 1 saturated carbocycles. The van der Waals surface area contributed by atoms with Crippen LogP contribution in [0.3, 0.4) is 0 Å². The molecule has 7 nitrogen and oxygen atoms in total. The molecule has 1 aliphatic carbocycles. The van der Waals surface area contributed by atoms with Crippen molar-refractivity contribution in [2.24, 2.45) is 5.73 Å². The number of amides is 4. The van der Waals surface area contributed by atoms with Gasteiger partial charge in [0.25, 0.3) is 5.91 Å². The van der Waals surface area contributed by atoms with Crippen LogP contribution in [0.2, 0.25) is 0 Å². The van der Waals surface area contributed by atoms with E-state index in [0.717, 1.165) is 19.3 Å². The minimum atomic E-state index is -0.684. The van der Waals surface area contributed by atoms with E-state index < -0.39 is 5.54 Å². The second-order valence-electron chi connectivity index (χ2n) is 6.31. The normalized spacial score (nSPS) is 27.8. The molecular weight excluding hydrogens is 272 g/mol. The van der Waals surface area contributed by atoms with E-state index in [4.69, 9.17) is 5.73 Å². The van der Waals surface area contributed by atoms with Gasteiger partial charge in [0.2, 0.25) is 5.91 Å². The minimum Gasteiger partial charge on any atom is -0.341 e. The van der Waals surface area contributed by atoms with Gasteiger partial charge in [0.1, 0.15) is 5.54 Å². The first-order chi connectivity index (χ1) is 10.0. The van der Waals surface area contributed by atoms with Gasteiger partial charge in [-0.15, -0.1) is 0 Å². The smallest absolute Gasteiger partial charge is 0.325 e. The van der Waals surface area contributed by atoms with Gasteiger partial charge in [0.15, 0.2) is 0 Å². The molecule has 0 unspecified atom stereocenters. The molecule has 0 radical (unpaired) electrons. The molecule has 7 heteroatoms. The first kappa shape index (κ1) is 14.3. The molecule has 2 heterocycles. The number of hydrogen-bond donors (Lipinski definition) is 2. The number of rotatable bonds is 3. The lowest BCUT2D eigenvalue weighted by atomic mass is 9.98. The Bertz CT molecular complexity index is 473. The third-order valence-electron chi connectivity index (χ3n) is 4.83. The van der Waals surface area contributed by atoms with Gasteiger partial charge in [-0.25, -0.2) is 4.79 Å². The Kier molecular flexibility index (Phi) is 3.61. The van der Waals surface area contributed by atoms with Crippen LogP contribution >= 0.6 is 0 Å². The Hall–Kier alpha value is -1.63. The number of carbonyl (C=O) groups is 3. The molecule has 1 atom stereocenters. The quantitative estimate of drug-likeness (QED) is 0.705. The zero-order valence-corrected chi connectivity index (χ0v) is 12.1. The number of nitrogens with one attached hydrogen (secondary N) is 1. The number of nitrogens with zero attached hydrogens (tertiary/aromatic N) is 2. The molecule has 2 aliphatic heterocycles. The van der Waals surface area contributed by atoms with Crippen LogP contribution in [0.25, 0.3) is 0 Å². The largest absolute Gasteiger partial charge is 0.341 e. The van der Waals surface area contributed by atoms with Crippen molar-refractivity contribution in [1.82, 2.24) is 15.1 Å². The van der Waals surface area contributed by atoms with E-state index >= 15 is 0 Å². The minimum absolute atomic E-state index is 0.0316. The van der Waals surface area contributed by atoms with Gasteiger partial charge >= 0.3 is 6.03 Å². The average molecular weight is 294 g/mol. The molecule has 21 heavy (non-hydrogen) atoms. The van der Waals surface area contributed by atoms with Crippen LogP contribution in [0.1, 0.15) is 38.5 Å². The molecule has 4 amide bonds. The predicted molar refractivity (Wildman–Crippen MR) is 75.2 cm³/mol. The summed E-state index contributed by atoms with van der Waals surface area (Å²) in [6, 6.07) is -0.305. The second-order valence-corrected chi connectivity index (χ2v) is 6.31. The highest BCUT2D eigenvalue weighted by Gasteiger charge is 2.52. The fraction of sp³-hybridized carbons (Fsp3) is 0.786. The topological polar surface area (TPSA) is 95.7 Å². The average Bonchev–Trinajstić information content (AvgIpc) is 3.12. The summed E-state index contributed by atoms with van der Waals surface area (Å²) in [5.41, 5.74) is 5.10. The summed E-state index contributed by atoms with van der Waals surface area (Å²) in [6.07, 6.45) is 4.35. The van der Waals surface area contributed by atoms with E-state index in [1.807, 2.05) is 0 Å². The Labute approximate surface area is 123 Å². The van der Waals surface area contributed by atoms with Crippen LogP contribution < -0.4 is 11.1 Å². The number of nitrogens with two attached hydrogens (primary N) is 1. The van der Waals surface area contributed by atoms with Crippen molar-refractivity contribution in [3.05, 3.63) is 0 Å². The molecule has 3 aliphatic rings. The Morgan fingerprint density at radius 1 is 1.33 bits per heavy atom. The van der Waals surface area contributed by atoms with Gasteiger partial charge in [-0.1, -0.05) is 12.8 Å². The molecule has 3 fully saturated rings. The lowest BCUT2D eigenvalue weighted by Crippen LogP contribution is -2.44. The summed E-state index contributed by atoms with van der Waals surface area (Å²) >= 11 is 0. The van der Waals surface area contributed by atoms with E-state index in [0.29, 0.717) is 25.9 Å². The molecule has 0 aromatic heterocycles. The number of likely N-dealkylation sites (tertiary alicyclic amines) is 1. The van der Waals surface area contributed by atoms with Crippen LogP contribution in [0.4, 0.5) is 4.79 Å². The standard InChI is InChI=1S/C14H22N4O3/c15-10-3-7-17(9-10)11(19)4-8-18-12(20)14(16-13(18)21)5-1-2-6-14/h10H,1-9,15H2,(H,16,21)/t10-/m1/s1. The molecule has 2 saturated heterocycles.